The molecule has 0 aliphatic carbocycles. The molecule has 0 aliphatic rings. The molecular formula is C20H54Ge2Mn3N6O2Se6+2. The Morgan fingerprint density at radius 2 is 0.410 bits per heavy atom. The van der Waals surface area contributed by atoms with Crippen LogP contribution in [0.1, 0.15) is 0 Å². The number of hydrogen-bond donors (Lipinski definition) is 0. The summed E-state index contributed by atoms with van der Waals surface area (Å²) in [5.74, 6) is 0. The minimum Gasteiger partial charge on any atom is -1.00 e. The van der Waals surface area contributed by atoms with Crippen LogP contribution in [0.2, 0.25) is 0 Å². The van der Waals surface area contributed by atoms with Crippen LogP contribution in [0.4, 0.5) is 0 Å². The van der Waals surface area contributed by atoms with Crippen molar-refractivity contribution in [3.63, 3.8) is 0 Å². The first-order chi connectivity index (χ1) is 13.7. The zero-order chi connectivity index (χ0) is 25.1. The van der Waals surface area contributed by atoms with Crippen LogP contribution in [0.25, 0.3) is 0 Å². The molecule has 0 saturated carbocycles. The molecule has 0 saturated heterocycles. The zero-order valence-electron chi connectivity index (χ0n) is 26.3. The molecule has 0 aromatic rings. The molecule has 0 spiro atoms. The van der Waals surface area contributed by atoms with Gasteiger partial charge in [0.15, 0.2) is 0 Å². The quantitative estimate of drug-likeness (QED) is 0.235. The fourth-order valence-corrected chi connectivity index (χ4v) is 1.20. The second-order valence-electron chi connectivity index (χ2n) is 8.23. The molecule has 0 unspecified atom stereocenters. The van der Waals surface area contributed by atoms with E-state index in [0.717, 1.165) is 39.3 Å². The molecule has 8 nitrogen and oxygen atoms in total. The van der Waals surface area contributed by atoms with E-state index in [1.165, 1.54) is 0 Å². The Hall–Kier alpha value is 5.44. The largest absolute Gasteiger partial charge is 3.00 e. The summed E-state index contributed by atoms with van der Waals surface area (Å²) in [5.41, 5.74) is 0. The average molecular weight is 1190 g/mol. The maximum absolute atomic E-state index is 4.25. The van der Waals surface area contributed by atoms with E-state index in [2.05, 4.69) is 121 Å². The van der Waals surface area contributed by atoms with E-state index in [0.29, 0.717) is 0 Å². The summed E-state index contributed by atoms with van der Waals surface area (Å²) >= 11 is 3.25. The van der Waals surface area contributed by atoms with Gasteiger partial charge in [0, 0.05) is 39.3 Å². The average Bonchev–Trinajstić information content (AvgIpc) is 2.59. The molecule has 0 aromatic heterocycles. The summed E-state index contributed by atoms with van der Waals surface area (Å²) < 4.78 is 8.50. The Bertz CT molecular complexity index is 248. The third-order valence-corrected chi connectivity index (χ3v) is 2.98. The molecule has 13 radical (unpaired) electrons. The third-order valence-electron chi connectivity index (χ3n) is 2.98. The third kappa shape index (κ3) is 179. The Kier molecular flexibility index (Phi) is 184. The minimum atomic E-state index is 0. The van der Waals surface area contributed by atoms with E-state index in [4.69, 9.17) is 0 Å². The Morgan fingerprint density at radius 3 is 0.436 bits per heavy atom. The fourth-order valence-electron chi connectivity index (χ4n) is 1.20. The smallest absolute Gasteiger partial charge is 1.00 e. The predicted molar refractivity (Wildman–Crippen MR) is 171 cm³/mol. The van der Waals surface area contributed by atoms with Gasteiger partial charge < -0.3 is 132 Å². The molecule has 19 heteroatoms. The Morgan fingerprint density at radius 1 is 0.359 bits per heavy atom. The van der Waals surface area contributed by atoms with Crippen molar-refractivity contribution in [1.82, 2.24) is 29.4 Å². The molecule has 0 aliphatic heterocycles. The summed E-state index contributed by atoms with van der Waals surface area (Å²) in [6, 6.07) is 0. The zero-order valence-corrected chi connectivity index (χ0v) is 44.3. The molecule has 0 fully saturated rings. The first-order valence-electron chi connectivity index (χ1n) is 9.99. The molecule has 239 valence electrons. The second kappa shape index (κ2) is 79.2. The molecule has 0 aromatic carbocycles. The molecular weight excluding hydrogens is 1140 g/mol. The van der Waals surface area contributed by atoms with Crippen molar-refractivity contribution in [2.75, 3.05) is 138 Å². The molecule has 0 N–H and O–H groups in total. The predicted octanol–water partition coefficient (Wildman–Crippen LogP) is -2.53. The minimum absolute atomic E-state index is 0. The Balaban J connectivity index is -0.0000000164. The van der Waals surface area contributed by atoms with Gasteiger partial charge in [-0.3, -0.25) is 0 Å². The summed E-state index contributed by atoms with van der Waals surface area (Å²) in [7, 11) is 28.3. The normalized spacial score (nSPS) is 7.85. The molecule has 0 heterocycles. The number of nitrogens with zero attached hydrogens (tertiary/aromatic N) is 6. The summed E-state index contributed by atoms with van der Waals surface area (Å²) in [6.45, 7) is 6.88. The van der Waals surface area contributed by atoms with Gasteiger partial charge in [-0.25, -0.2) is 0 Å². The van der Waals surface area contributed by atoms with Gasteiger partial charge in [0.05, 0.1) is 0 Å². The standard InChI is InChI=1S/3C6H16N2.2CH3GeO.3Mn.6Se/c3*1-7(2)5-6-8(3)4;2*1-3-2;;;;;;;;;/h3*5-6H2,1-4H3;2*1H3;;;;;;;;;/q;;;;;+2;2*+3;6*-1. The van der Waals surface area contributed by atoms with Crippen molar-refractivity contribution in [3.05, 3.63) is 0 Å². The van der Waals surface area contributed by atoms with Crippen molar-refractivity contribution in [2.24, 2.45) is 0 Å². The van der Waals surface area contributed by atoms with Gasteiger partial charge in [0.1, 0.15) is 0 Å². The second-order valence-corrected chi connectivity index (χ2v) is 9.94. The fraction of sp³-hybridized carbons (Fsp3) is 1.00. The molecule has 39 heavy (non-hydrogen) atoms. The monoisotopic (exact) mass is 1200 g/mol. The van der Waals surface area contributed by atoms with Crippen LogP contribution in [-0.2, 0) is 58.7 Å². The van der Waals surface area contributed by atoms with Crippen LogP contribution in [0.5, 0.6) is 0 Å². The van der Waals surface area contributed by atoms with E-state index in [-0.39, 0.29) is 154 Å². The number of hydrogen-bond acceptors (Lipinski definition) is 8. The van der Waals surface area contributed by atoms with E-state index < -0.39 is 0 Å². The van der Waals surface area contributed by atoms with Crippen molar-refractivity contribution in [2.45, 2.75) is 0 Å². The van der Waals surface area contributed by atoms with Crippen LogP contribution in [-0.4, -0.2) is 304 Å². The van der Waals surface area contributed by atoms with Crippen molar-refractivity contribution < 1.29 is 58.7 Å². The van der Waals surface area contributed by atoms with Gasteiger partial charge in [0.2, 0.25) is 0 Å². The van der Waals surface area contributed by atoms with E-state index in [1.54, 1.807) is 47.9 Å². The van der Waals surface area contributed by atoms with Gasteiger partial charge in [-0.05, 0) is 84.6 Å². The summed E-state index contributed by atoms with van der Waals surface area (Å²) in [5, 5.41) is 0. The molecule has 0 rings (SSSR count). The van der Waals surface area contributed by atoms with Gasteiger partial charge in [-0.1, -0.05) is 0 Å². The van der Waals surface area contributed by atoms with Gasteiger partial charge in [0.25, 0.3) is 0 Å². The van der Waals surface area contributed by atoms with Gasteiger partial charge in [-0.2, -0.15) is 0 Å². The number of likely N-dealkylation sites (N-methyl/N-ethyl adjacent to an activating group) is 6. The van der Waals surface area contributed by atoms with Crippen LogP contribution in [0, 0.1) is 0 Å². The number of rotatable bonds is 9. The first kappa shape index (κ1) is 90.5. The first-order valence-corrected chi connectivity index (χ1v) is 11.7. The van der Waals surface area contributed by atoms with E-state index in [1.807, 2.05) is 0 Å². The van der Waals surface area contributed by atoms with Crippen LogP contribution in [0.15, 0.2) is 0 Å². The maximum atomic E-state index is 4.25. The van der Waals surface area contributed by atoms with Crippen molar-refractivity contribution >= 4 is 136 Å². The Labute approximate surface area is 357 Å². The van der Waals surface area contributed by atoms with Crippen molar-refractivity contribution in [1.29, 1.82) is 0 Å². The van der Waals surface area contributed by atoms with E-state index >= 15 is 0 Å². The van der Waals surface area contributed by atoms with Gasteiger partial charge >= 0.3 is 107 Å². The summed E-state index contributed by atoms with van der Waals surface area (Å²) in [4.78, 5) is 13.1. The van der Waals surface area contributed by atoms with Crippen LogP contribution < -0.4 is 0 Å². The van der Waals surface area contributed by atoms with Gasteiger partial charge in [-0.15, -0.1) is 0 Å². The molecule has 0 bridgehead atoms. The van der Waals surface area contributed by atoms with Crippen molar-refractivity contribution in [3.8, 4) is 0 Å². The molecule has 0 amide bonds. The topological polar surface area (TPSA) is 37.9 Å². The summed E-state index contributed by atoms with van der Waals surface area (Å²) in [6.07, 6.45) is 0. The van der Waals surface area contributed by atoms with Crippen LogP contribution >= 0.6 is 0 Å². The van der Waals surface area contributed by atoms with E-state index in [9.17, 15) is 0 Å². The molecule has 0 atom stereocenters. The SMILES string of the molecule is CN(C)CCN(C)C.CN(C)CCN(C)C.CN(C)CCN(C)C.C[O][Ge].C[O][Ge].[Mn+2].[Mn+3].[Mn+3].[Se-].[Se-].[Se-].[Se-].[Se-].[Se-]. The maximum Gasteiger partial charge on any atom is 3.00 e. The van der Waals surface area contributed by atoms with Crippen LogP contribution in [0.3, 0.4) is 0 Å².